The lowest BCUT2D eigenvalue weighted by Gasteiger charge is -2.31. The molecule has 2 heterocycles. The van der Waals surface area contributed by atoms with Crippen molar-refractivity contribution in [2.24, 2.45) is 0 Å². The number of benzene rings is 2. The Morgan fingerprint density at radius 2 is 1.86 bits per heavy atom. The van der Waals surface area contributed by atoms with Crippen LogP contribution >= 0.6 is 11.3 Å². The van der Waals surface area contributed by atoms with E-state index in [-0.39, 0.29) is 17.5 Å². The highest BCUT2D eigenvalue weighted by Crippen LogP contribution is 2.35. The summed E-state index contributed by atoms with van der Waals surface area (Å²) in [5.41, 5.74) is 0.788. The van der Waals surface area contributed by atoms with Crippen molar-refractivity contribution in [1.29, 1.82) is 0 Å². The Bertz CT molecular complexity index is 1200. The van der Waals surface area contributed by atoms with Crippen LogP contribution in [0.25, 0.3) is 11.1 Å². The number of halogens is 3. The molecular weight excluding hydrogens is 475 g/mol. The maximum absolute atomic E-state index is 13.2. The second-order valence-corrected chi connectivity index (χ2v) is 9.44. The molecule has 0 unspecified atom stereocenters. The van der Waals surface area contributed by atoms with Crippen molar-refractivity contribution >= 4 is 28.8 Å². The minimum Gasteiger partial charge on any atom is -0.343 e. The van der Waals surface area contributed by atoms with Crippen molar-refractivity contribution in [3.63, 3.8) is 0 Å². The van der Waals surface area contributed by atoms with E-state index in [1.165, 1.54) is 17.4 Å². The molecule has 184 valence electrons. The molecular formula is C26H26F3N3O2S. The first-order valence-electron chi connectivity index (χ1n) is 11.6. The Morgan fingerprint density at radius 3 is 2.57 bits per heavy atom. The van der Waals surface area contributed by atoms with Gasteiger partial charge in [0.1, 0.15) is 5.69 Å². The van der Waals surface area contributed by atoms with E-state index in [2.05, 4.69) is 10.3 Å². The quantitative estimate of drug-likeness (QED) is 0.415. The number of piperidine rings is 1. The standard InChI is InChI=1S/C26H26F3N3O2S/c1-2-6-23(33)32-13-11-17(12-14-32)25-31-22(16-35-25)24(34)30-21-10-4-3-9-20(21)18-7-5-8-19(15-18)26(27,28)29/h3-5,7-10,15-17H,2,6,11-14H2,1H3,(H,30,34). The van der Waals surface area contributed by atoms with Crippen LogP contribution in [0.4, 0.5) is 18.9 Å². The fourth-order valence-electron chi connectivity index (χ4n) is 4.22. The van der Waals surface area contributed by atoms with Crippen LogP contribution in [0.5, 0.6) is 0 Å². The average Bonchev–Trinajstić information content (AvgIpc) is 3.35. The Kier molecular flexibility index (Phi) is 7.54. The monoisotopic (exact) mass is 501 g/mol. The molecule has 0 atom stereocenters. The molecule has 2 aromatic carbocycles. The normalized spacial score (nSPS) is 14.7. The number of carbonyl (C=O) groups is 2. The summed E-state index contributed by atoms with van der Waals surface area (Å²) in [6.45, 7) is 3.37. The van der Waals surface area contributed by atoms with Gasteiger partial charge in [0.15, 0.2) is 0 Å². The van der Waals surface area contributed by atoms with E-state index in [4.69, 9.17) is 0 Å². The van der Waals surface area contributed by atoms with E-state index in [1.54, 1.807) is 35.7 Å². The second kappa shape index (κ2) is 10.6. The van der Waals surface area contributed by atoms with Crippen LogP contribution in [0.1, 0.15) is 59.6 Å². The molecule has 2 amide bonds. The topological polar surface area (TPSA) is 62.3 Å². The number of amides is 2. The number of nitrogens with zero attached hydrogens (tertiary/aromatic N) is 2. The molecule has 1 fully saturated rings. The fourth-order valence-corrected chi connectivity index (χ4v) is 5.19. The molecule has 3 aromatic rings. The average molecular weight is 502 g/mol. The third-order valence-corrected chi connectivity index (χ3v) is 7.10. The van der Waals surface area contributed by atoms with Gasteiger partial charge in [-0.25, -0.2) is 4.98 Å². The molecule has 1 aliphatic rings. The van der Waals surface area contributed by atoms with Crippen LogP contribution < -0.4 is 5.32 Å². The summed E-state index contributed by atoms with van der Waals surface area (Å²) >= 11 is 1.42. The van der Waals surface area contributed by atoms with Gasteiger partial charge in [0.2, 0.25) is 5.91 Å². The van der Waals surface area contributed by atoms with Crippen molar-refractivity contribution in [2.45, 2.75) is 44.7 Å². The summed E-state index contributed by atoms with van der Waals surface area (Å²) in [6.07, 6.45) is -1.44. The van der Waals surface area contributed by atoms with E-state index in [0.717, 1.165) is 36.4 Å². The second-order valence-electron chi connectivity index (χ2n) is 8.55. The number of nitrogens with one attached hydrogen (secondary N) is 1. The number of likely N-dealkylation sites (tertiary alicyclic amines) is 1. The number of carbonyl (C=O) groups excluding carboxylic acids is 2. The molecule has 0 spiro atoms. The first-order valence-corrected chi connectivity index (χ1v) is 12.5. The van der Waals surface area contributed by atoms with Gasteiger partial charge in [-0.15, -0.1) is 11.3 Å². The van der Waals surface area contributed by atoms with Crippen molar-refractivity contribution in [2.75, 3.05) is 18.4 Å². The zero-order valence-electron chi connectivity index (χ0n) is 19.3. The van der Waals surface area contributed by atoms with Gasteiger partial charge in [-0.2, -0.15) is 13.2 Å². The third-order valence-electron chi connectivity index (χ3n) is 6.09. The summed E-state index contributed by atoms with van der Waals surface area (Å²) in [6, 6.07) is 11.8. The molecule has 0 saturated carbocycles. The molecule has 1 N–H and O–H groups in total. The molecule has 0 aliphatic carbocycles. The van der Waals surface area contributed by atoms with Crippen LogP contribution in [-0.4, -0.2) is 34.8 Å². The third kappa shape index (κ3) is 5.90. The summed E-state index contributed by atoms with van der Waals surface area (Å²) in [7, 11) is 0. The maximum Gasteiger partial charge on any atom is 0.416 e. The predicted octanol–water partition coefficient (Wildman–Crippen LogP) is 6.59. The molecule has 9 heteroatoms. The van der Waals surface area contributed by atoms with Crippen LogP contribution in [0.2, 0.25) is 0 Å². The highest BCUT2D eigenvalue weighted by Gasteiger charge is 2.31. The van der Waals surface area contributed by atoms with Gasteiger partial charge < -0.3 is 10.2 Å². The van der Waals surface area contributed by atoms with Gasteiger partial charge in [-0.05, 0) is 43.0 Å². The first-order chi connectivity index (χ1) is 16.8. The van der Waals surface area contributed by atoms with Gasteiger partial charge in [0.25, 0.3) is 5.91 Å². The molecule has 1 aromatic heterocycles. The Balaban J connectivity index is 1.46. The number of hydrogen-bond acceptors (Lipinski definition) is 4. The molecule has 35 heavy (non-hydrogen) atoms. The van der Waals surface area contributed by atoms with Crippen molar-refractivity contribution in [1.82, 2.24) is 9.88 Å². The smallest absolute Gasteiger partial charge is 0.343 e. The van der Waals surface area contributed by atoms with Gasteiger partial charge in [-0.3, -0.25) is 9.59 Å². The summed E-state index contributed by atoms with van der Waals surface area (Å²) in [5, 5.41) is 5.37. The van der Waals surface area contributed by atoms with Crippen LogP contribution in [0, 0.1) is 0 Å². The molecule has 4 rings (SSSR count). The van der Waals surface area contributed by atoms with Gasteiger partial charge >= 0.3 is 6.18 Å². The lowest BCUT2D eigenvalue weighted by Crippen LogP contribution is -2.37. The highest BCUT2D eigenvalue weighted by molar-refractivity contribution is 7.10. The van der Waals surface area contributed by atoms with E-state index < -0.39 is 17.6 Å². The Morgan fingerprint density at radius 1 is 1.11 bits per heavy atom. The van der Waals surface area contributed by atoms with E-state index >= 15 is 0 Å². The molecule has 5 nitrogen and oxygen atoms in total. The molecule has 1 saturated heterocycles. The van der Waals surface area contributed by atoms with Crippen molar-refractivity contribution in [3.05, 3.63) is 70.2 Å². The Labute approximate surface area is 206 Å². The summed E-state index contributed by atoms with van der Waals surface area (Å²) in [4.78, 5) is 31.5. The van der Waals surface area contributed by atoms with E-state index in [9.17, 15) is 22.8 Å². The molecule has 0 radical (unpaired) electrons. The minimum absolute atomic E-state index is 0.185. The van der Waals surface area contributed by atoms with Gasteiger partial charge in [0, 0.05) is 42.1 Å². The fraction of sp³-hybridized carbons (Fsp3) is 0.346. The molecule has 0 bridgehead atoms. The number of aromatic nitrogens is 1. The number of para-hydroxylation sites is 1. The SMILES string of the molecule is CCCC(=O)N1CCC(c2nc(C(=O)Nc3ccccc3-c3cccc(C(F)(F)F)c3)cs2)CC1. The van der Waals surface area contributed by atoms with E-state index in [1.807, 2.05) is 11.8 Å². The van der Waals surface area contributed by atoms with E-state index in [0.29, 0.717) is 36.3 Å². The highest BCUT2D eigenvalue weighted by atomic mass is 32.1. The lowest BCUT2D eigenvalue weighted by molar-refractivity contribution is -0.137. The van der Waals surface area contributed by atoms with Crippen LogP contribution in [-0.2, 0) is 11.0 Å². The van der Waals surface area contributed by atoms with Crippen LogP contribution in [0.15, 0.2) is 53.9 Å². The minimum atomic E-state index is -4.45. The number of rotatable bonds is 6. The number of anilines is 1. The van der Waals surface area contributed by atoms with Gasteiger partial charge in [-0.1, -0.05) is 37.3 Å². The number of hydrogen-bond donors (Lipinski definition) is 1. The summed E-state index contributed by atoms with van der Waals surface area (Å²) < 4.78 is 39.5. The largest absolute Gasteiger partial charge is 0.416 e. The van der Waals surface area contributed by atoms with Crippen LogP contribution in [0.3, 0.4) is 0 Å². The zero-order chi connectivity index (χ0) is 25.0. The van der Waals surface area contributed by atoms with Gasteiger partial charge in [0.05, 0.1) is 10.6 Å². The number of thiazole rings is 1. The number of alkyl halides is 3. The Hall–Kier alpha value is -3.20. The van der Waals surface area contributed by atoms with Crippen molar-refractivity contribution in [3.8, 4) is 11.1 Å². The predicted molar refractivity (Wildman–Crippen MR) is 130 cm³/mol. The zero-order valence-corrected chi connectivity index (χ0v) is 20.1. The summed E-state index contributed by atoms with van der Waals surface area (Å²) in [5.74, 6) is -0.0308. The maximum atomic E-state index is 13.2. The first kappa shape index (κ1) is 24.9. The lowest BCUT2D eigenvalue weighted by atomic mass is 9.97. The molecule has 1 aliphatic heterocycles. The van der Waals surface area contributed by atoms with Crippen molar-refractivity contribution < 1.29 is 22.8 Å².